The van der Waals surface area contributed by atoms with Crippen LogP contribution in [0.25, 0.3) is 0 Å². The van der Waals surface area contributed by atoms with Crippen LogP contribution in [-0.2, 0) is 10.0 Å². The molecule has 2 aliphatic rings. The van der Waals surface area contributed by atoms with Crippen LogP contribution < -0.4 is 9.80 Å². The first-order valence-corrected chi connectivity index (χ1v) is 10.6. The second-order valence-corrected chi connectivity index (χ2v) is 8.69. The zero-order chi connectivity index (χ0) is 18.9. The van der Waals surface area contributed by atoms with Crippen molar-refractivity contribution in [1.82, 2.24) is 14.5 Å². The number of hydrogen-bond donors (Lipinski definition) is 0. The molecular formula is C18H22FN5O2S. The van der Waals surface area contributed by atoms with Gasteiger partial charge in [0.25, 0.3) is 0 Å². The Morgan fingerprint density at radius 2 is 1.63 bits per heavy atom. The summed E-state index contributed by atoms with van der Waals surface area (Å²) in [4.78, 5) is 4.05. The third-order valence-electron chi connectivity index (χ3n) is 5.12. The highest BCUT2D eigenvalue weighted by atomic mass is 32.2. The molecule has 2 fully saturated rings. The lowest BCUT2D eigenvalue weighted by Crippen LogP contribution is -2.48. The van der Waals surface area contributed by atoms with Crippen molar-refractivity contribution in [2.75, 3.05) is 49.1 Å². The molecule has 144 valence electrons. The minimum atomic E-state index is -3.82. The van der Waals surface area contributed by atoms with E-state index in [1.807, 2.05) is 6.07 Å². The van der Waals surface area contributed by atoms with Crippen LogP contribution in [0.2, 0.25) is 0 Å². The number of benzene rings is 1. The van der Waals surface area contributed by atoms with Crippen LogP contribution in [0.5, 0.6) is 0 Å². The molecule has 1 aromatic carbocycles. The van der Waals surface area contributed by atoms with Gasteiger partial charge in [0, 0.05) is 45.3 Å². The minimum absolute atomic E-state index is 0.264. The molecule has 0 bridgehead atoms. The fourth-order valence-corrected chi connectivity index (χ4v) is 5.09. The maximum atomic E-state index is 13.9. The van der Waals surface area contributed by atoms with Gasteiger partial charge in [0.05, 0.1) is 11.9 Å². The number of aromatic nitrogens is 2. The lowest BCUT2D eigenvalue weighted by Gasteiger charge is -2.35. The van der Waals surface area contributed by atoms with E-state index in [2.05, 4.69) is 20.0 Å². The van der Waals surface area contributed by atoms with Gasteiger partial charge in [-0.25, -0.2) is 12.8 Å². The molecule has 0 N–H and O–H groups in total. The molecule has 0 spiro atoms. The van der Waals surface area contributed by atoms with Gasteiger partial charge in [-0.3, -0.25) is 0 Å². The Hall–Kier alpha value is -2.26. The van der Waals surface area contributed by atoms with Crippen LogP contribution in [0, 0.1) is 5.82 Å². The van der Waals surface area contributed by atoms with Crippen molar-refractivity contribution in [1.29, 1.82) is 0 Å². The van der Waals surface area contributed by atoms with Crippen LogP contribution >= 0.6 is 0 Å². The second-order valence-electron chi connectivity index (χ2n) is 6.79. The zero-order valence-electron chi connectivity index (χ0n) is 15.0. The predicted octanol–water partition coefficient (Wildman–Crippen LogP) is 1.73. The minimum Gasteiger partial charge on any atom is -0.367 e. The highest BCUT2D eigenvalue weighted by Gasteiger charge is 2.30. The monoisotopic (exact) mass is 391 g/mol. The van der Waals surface area contributed by atoms with E-state index < -0.39 is 15.8 Å². The Morgan fingerprint density at radius 1 is 0.926 bits per heavy atom. The molecule has 2 saturated heterocycles. The van der Waals surface area contributed by atoms with Crippen molar-refractivity contribution in [3.05, 3.63) is 42.3 Å². The van der Waals surface area contributed by atoms with Gasteiger partial charge in [0.2, 0.25) is 10.0 Å². The molecule has 27 heavy (non-hydrogen) atoms. The summed E-state index contributed by atoms with van der Waals surface area (Å²) in [6, 6.07) is 7.52. The molecule has 2 aromatic rings. The zero-order valence-corrected chi connectivity index (χ0v) is 15.8. The number of sulfonamides is 1. The van der Waals surface area contributed by atoms with E-state index in [1.165, 1.54) is 41.4 Å². The van der Waals surface area contributed by atoms with Gasteiger partial charge >= 0.3 is 0 Å². The third kappa shape index (κ3) is 3.61. The standard InChI is InChI=1S/C18H22FN5O2S/c19-16-5-1-2-6-17(16)27(25,26)24-11-9-22(10-12-24)15-13-18(21-20-14-15)23-7-3-4-8-23/h1-2,5-6,13-14H,3-4,7-12H2. The van der Waals surface area contributed by atoms with Gasteiger partial charge in [-0.2, -0.15) is 9.40 Å². The van der Waals surface area contributed by atoms with Crippen LogP contribution in [0.15, 0.2) is 41.4 Å². The lowest BCUT2D eigenvalue weighted by molar-refractivity contribution is 0.382. The van der Waals surface area contributed by atoms with E-state index in [-0.39, 0.29) is 4.90 Å². The van der Waals surface area contributed by atoms with Crippen LogP contribution in [-0.4, -0.2) is 62.2 Å². The number of rotatable bonds is 4. The van der Waals surface area contributed by atoms with E-state index in [0.29, 0.717) is 26.2 Å². The average Bonchev–Trinajstić information content (AvgIpc) is 3.23. The third-order valence-corrected chi connectivity index (χ3v) is 7.05. The summed E-state index contributed by atoms with van der Waals surface area (Å²) in [5.74, 6) is 0.153. The Bertz CT molecular complexity index is 909. The SMILES string of the molecule is O=S(=O)(c1ccccc1F)N1CCN(c2cnnc(N3CCCC3)c2)CC1. The van der Waals surface area contributed by atoms with Crippen molar-refractivity contribution in [2.45, 2.75) is 17.7 Å². The molecule has 0 saturated carbocycles. The summed E-state index contributed by atoms with van der Waals surface area (Å²) in [5, 5.41) is 8.34. The van der Waals surface area contributed by atoms with Crippen LogP contribution in [0.3, 0.4) is 0 Å². The van der Waals surface area contributed by atoms with E-state index in [4.69, 9.17) is 0 Å². The van der Waals surface area contributed by atoms with Crippen molar-refractivity contribution < 1.29 is 12.8 Å². The fourth-order valence-electron chi connectivity index (χ4n) is 3.60. The Balaban J connectivity index is 1.46. The molecule has 0 radical (unpaired) electrons. The van der Waals surface area contributed by atoms with Crippen molar-refractivity contribution >= 4 is 21.5 Å². The molecule has 4 rings (SSSR count). The largest absolute Gasteiger partial charge is 0.367 e. The van der Waals surface area contributed by atoms with Crippen LogP contribution in [0.1, 0.15) is 12.8 Å². The Kier molecular flexibility index (Phi) is 4.96. The number of halogens is 1. The molecule has 0 unspecified atom stereocenters. The lowest BCUT2D eigenvalue weighted by atomic mass is 10.3. The smallest absolute Gasteiger partial charge is 0.246 e. The van der Waals surface area contributed by atoms with Gasteiger partial charge in [0.1, 0.15) is 10.7 Å². The van der Waals surface area contributed by atoms with E-state index in [9.17, 15) is 12.8 Å². The number of nitrogens with zero attached hydrogens (tertiary/aromatic N) is 5. The topological polar surface area (TPSA) is 69.6 Å². The molecule has 0 atom stereocenters. The van der Waals surface area contributed by atoms with Gasteiger partial charge in [-0.05, 0) is 25.0 Å². The molecule has 3 heterocycles. The molecular weight excluding hydrogens is 369 g/mol. The Labute approximate surface area is 158 Å². The van der Waals surface area contributed by atoms with Crippen LogP contribution in [0.4, 0.5) is 15.9 Å². The number of piperazine rings is 1. The van der Waals surface area contributed by atoms with Gasteiger partial charge in [-0.1, -0.05) is 12.1 Å². The highest BCUT2D eigenvalue weighted by Crippen LogP contribution is 2.25. The Morgan fingerprint density at radius 3 is 2.33 bits per heavy atom. The summed E-state index contributed by atoms with van der Waals surface area (Å²) in [6.07, 6.45) is 4.04. The fraction of sp³-hybridized carbons (Fsp3) is 0.444. The highest BCUT2D eigenvalue weighted by molar-refractivity contribution is 7.89. The van der Waals surface area contributed by atoms with Crippen molar-refractivity contribution in [3.63, 3.8) is 0 Å². The quantitative estimate of drug-likeness (QED) is 0.791. The van der Waals surface area contributed by atoms with E-state index in [0.717, 1.165) is 24.6 Å². The first kappa shape index (κ1) is 18.1. The van der Waals surface area contributed by atoms with E-state index in [1.54, 1.807) is 6.20 Å². The first-order valence-electron chi connectivity index (χ1n) is 9.13. The molecule has 0 amide bonds. The average molecular weight is 391 g/mol. The summed E-state index contributed by atoms with van der Waals surface area (Å²) >= 11 is 0. The summed E-state index contributed by atoms with van der Waals surface area (Å²) in [5.41, 5.74) is 0.940. The predicted molar refractivity (Wildman–Crippen MR) is 101 cm³/mol. The molecule has 7 nitrogen and oxygen atoms in total. The molecule has 1 aromatic heterocycles. The number of anilines is 2. The van der Waals surface area contributed by atoms with Gasteiger partial charge in [-0.15, -0.1) is 5.10 Å². The van der Waals surface area contributed by atoms with Crippen molar-refractivity contribution in [3.8, 4) is 0 Å². The van der Waals surface area contributed by atoms with Gasteiger partial charge < -0.3 is 9.80 Å². The summed E-state index contributed by atoms with van der Waals surface area (Å²) < 4.78 is 40.7. The van der Waals surface area contributed by atoms with Crippen molar-refractivity contribution in [2.24, 2.45) is 0 Å². The molecule has 9 heteroatoms. The second kappa shape index (κ2) is 7.40. The van der Waals surface area contributed by atoms with E-state index >= 15 is 0 Å². The summed E-state index contributed by atoms with van der Waals surface area (Å²) in [6.45, 7) is 3.65. The van der Waals surface area contributed by atoms with Gasteiger partial charge in [0.15, 0.2) is 5.82 Å². The molecule has 0 aliphatic carbocycles. The number of hydrogen-bond acceptors (Lipinski definition) is 6. The first-order chi connectivity index (χ1) is 13.1. The molecule has 2 aliphatic heterocycles. The summed E-state index contributed by atoms with van der Waals surface area (Å²) in [7, 11) is -3.82. The maximum absolute atomic E-state index is 13.9. The normalized spacial score (nSPS) is 18.9. The maximum Gasteiger partial charge on any atom is 0.246 e.